The third-order valence-corrected chi connectivity index (χ3v) is 1.51. The maximum absolute atomic E-state index is 10.9. The number of aldehydes is 1. The number of aromatic amines is 1. The van der Waals surface area contributed by atoms with E-state index in [-0.39, 0.29) is 11.6 Å². The standard InChI is InChI=1S/C6H5ClN2O3/c7-4-3-9(1-2-10)6(12)8-5(4)11/h2-3H,1H2,(H,8,11,12). The van der Waals surface area contributed by atoms with Crippen LogP contribution in [-0.2, 0) is 11.3 Å². The molecule has 1 heterocycles. The van der Waals surface area contributed by atoms with Gasteiger partial charge in [-0.3, -0.25) is 14.3 Å². The molecule has 12 heavy (non-hydrogen) atoms. The van der Waals surface area contributed by atoms with Crippen LogP contribution >= 0.6 is 11.6 Å². The molecule has 1 aromatic rings. The average Bonchev–Trinajstić information content (AvgIpc) is 2.01. The quantitative estimate of drug-likeness (QED) is 0.630. The first-order chi connectivity index (χ1) is 5.65. The highest BCUT2D eigenvalue weighted by molar-refractivity contribution is 6.30. The molecule has 6 heteroatoms. The highest BCUT2D eigenvalue weighted by atomic mass is 35.5. The molecule has 0 radical (unpaired) electrons. The molecule has 0 aliphatic rings. The van der Waals surface area contributed by atoms with Gasteiger partial charge in [-0.2, -0.15) is 0 Å². The van der Waals surface area contributed by atoms with Crippen molar-refractivity contribution in [2.24, 2.45) is 0 Å². The summed E-state index contributed by atoms with van der Waals surface area (Å²) < 4.78 is 1.01. The molecule has 0 fully saturated rings. The van der Waals surface area contributed by atoms with Crippen molar-refractivity contribution >= 4 is 17.9 Å². The van der Waals surface area contributed by atoms with Crippen molar-refractivity contribution in [1.82, 2.24) is 9.55 Å². The van der Waals surface area contributed by atoms with E-state index in [0.717, 1.165) is 10.8 Å². The van der Waals surface area contributed by atoms with Crippen LogP contribution in [0.4, 0.5) is 0 Å². The number of carbonyl (C=O) groups excluding carboxylic acids is 1. The van der Waals surface area contributed by atoms with Gasteiger partial charge in [0, 0.05) is 6.20 Å². The van der Waals surface area contributed by atoms with Gasteiger partial charge in [0.25, 0.3) is 5.56 Å². The molecule has 64 valence electrons. The summed E-state index contributed by atoms with van der Waals surface area (Å²) in [6, 6.07) is 0. The molecule has 0 unspecified atom stereocenters. The zero-order valence-corrected chi connectivity index (χ0v) is 6.67. The summed E-state index contributed by atoms with van der Waals surface area (Å²) in [7, 11) is 0. The second kappa shape index (κ2) is 3.36. The summed E-state index contributed by atoms with van der Waals surface area (Å²) in [4.78, 5) is 33.6. The first-order valence-corrected chi connectivity index (χ1v) is 3.46. The number of aromatic nitrogens is 2. The van der Waals surface area contributed by atoms with Crippen molar-refractivity contribution < 1.29 is 4.79 Å². The summed E-state index contributed by atoms with van der Waals surface area (Å²) in [6.45, 7) is -0.116. The molecule has 0 atom stereocenters. The Labute approximate surface area is 71.6 Å². The van der Waals surface area contributed by atoms with E-state index in [4.69, 9.17) is 11.6 Å². The fourth-order valence-electron chi connectivity index (χ4n) is 0.699. The van der Waals surface area contributed by atoms with Crippen molar-refractivity contribution in [2.45, 2.75) is 6.54 Å². The van der Waals surface area contributed by atoms with E-state index in [1.165, 1.54) is 0 Å². The van der Waals surface area contributed by atoms with Crippen molar-refractivity contribution in [2.75, 3.05) is 0 Å². The van der Waals surface area contributed by atoms with Crippen LogP contribution in [0.1, 0.15) is 0 Å². The lowest BCUT2D eigenvalue weighted by molar-refractivity contribution is -0.108. The molecular weight excluding hydrogens is 184 g/mol. The Balaban J connectivity index is 3.32. The minimum Gasteiger partial charge on any atom is -0.301 e. The van der Waals surface area contributed by atoms with Crippen molar-refractivity contribution in [3.8, 4) is 0 Å². The second-order valence-corrected chi connectivity index (χ2v) is 2.46. The Bertz CT molecular complexity index is 406. The van der Waals surface area contributed by atoms with E-state index in [1.54, 1.807) is 0 Å². The number of hydrogen-bond acceptors (Lipinski definition) is 3. The lowest BCUT2D eigenvalue weighted by Gasteiger charge is -1.97. The third-order valence-electron chi connectivity index (χ3n) is 1.24. The summed E-state index contributed by atoms with van der Waals surface area (Å²) in [5.74, 6) is 0. The molecule has 5 nitrogen and oxygen atoms in total. The van der Waals surface area contributed by atoms with Gasteiger partial charge in [-0.25, -0.2) is 4.79 Å². The van der Waals surface area contributed by atoms with Gasteiger partial charge in [-0.1, -0.05) is 11.6 Å². The molecule has 0 saturated heterocycles. The third kappa shape index (κ3) is 1.62. The minimum absolute atomic E-state index is 0.114. The molecule has 0 spiro atoms. The van der Waals surface area contributed by atoms with E-state index in [9.17, 15) is 14.4 Å². The highest BCUT2D eigenvalue weighted by Gasteiger charge is 2.00. The van der Waals surface area contributed by atoms with E-state index < -0.39 is 11.2 Å². The smallest absolute Gasteiger partial charge is 0.301 e. The monoisotopic (exact) mass is 188 g/mol. The molecule has 1 N–H and O–H groups in total. The van der Waals surface area contributed by atoms with Crippen LogP contribution < -0.4 is 11.2 Å². The summed E-state index contributed by atoms with van der Waals surface area (Å²) in [5, 5.41) is -0.114. The molecule has 0 amide bonds. The molecule has 0 bridgehead atoms. The van der Waals surface area contributed by atoms with Gasteiger partial charge in [0.05, 0.1) is 6.54 Å². The van der Waals surface area contributed by atoms with E-state index in [2.05, 4.69) is 0 Å². The largest absolute Gasteiger partial charge is 0.328 e. The predicted octanol–water partition coefficient (Wildman–Crippen LogP) is -0.611. The lowest BCUT2D eigenvalue weighted by atomic mass is 10.6. The molecule has 1 aromatic heterocycles. The number of nitrogens with one attached hydrogen (secondary N) is 1. The lowest BCUT2D eigenvalue weighted by Crippen LogP contribution is -2.29. The Morgan fingerprint density at radius 1 is 1.58 bits per heavy atom. The number of rotatable bonds is 2. The predicted molar refractivity (Wildman–Crippen MR) is 42.4 cm³/mol. The Morgan fingerprint density at radius 3 is 2.83 bits per heavy atom. The van der Waals surface area contributed by atoms with Crippen molar-refractivity contribution in [3.63, 3.8) is 0 Å². The molecule has 0 aliphatic carbocycles. The van der Waals surface area contributed by atoms with Gasteiger partial charge in [0.1, 0.15) is 11.3 Å². The van der Waals surface area contributed by atoms with Gasteiger partial charge in [0.2, 0.25) is 0 Å². The van der Waals surface area contributed by atoms with Crippen LogP contribution in [0.2, 0.25) is 5.02 Å². The van der Waals surface area contributed by atoms with Crippen LogP contribution in [-0.4, -0.2) is 15.8 Å². The highest BCUT2D eigenvalue weighted by Crippen LogP contribution is 1.94. The Hall–Kier alpha value is -1.36. The fraction of sp³-hybridized carbons (Fsp3) is 0.167. The molecular formula is C6H5ClN2O3. The van der Waals surface area contributed by atoms with Crippen molar-refractivity contribution in [1.29, 1.82) is 0 Å². The number of carbonyl (C=O) groups is 1. The van der Waals surface area contributed by atoms with E-state index in [0.29, 0.717) is 6.29 Å². The number of nitrogens with zero attached hydrogens (tertiary/aromatic N) is 1. The first kappa shape index (κ1) is 8.73. The topological polar surface area (TPSA) is 71.9 Å². The maximum atomic E-state index is 10.9. The normalized spacial score (nSPS) is 9.75. The first-order valence-electron chi connectivity index (χ1n) is 3.08. The second-order valence-electron chi connectivity index (χ2n) is 2.06. The van der Waals surface area contributed by atoms with E-state index in [1.807, 2.05) is 4.98 Å². The average molecular weight is 189 g/mol. The van der Waals surface area contributed by atoms with Crippen molar-refractivity contribution in [3.05, 3.63) is 32.1 Å². The summed E-state index contributed by atoms with van der Waals surface area (Å²) in [5.41, 5.74) is -1.29. The van der Waals surface area contributed by atoms with Gasteiger partial charge in [-0.15, -0.1) is 0 Å². The summed E-state index contributed by atoms with van der Waals surface area (Å²) >= 11 is 5.40. The maximum Gasteiger partial charge on any atom is 0.328 e. The molecule has 0 aromatic carbocycles. The van der Waals surface area contributed by atoms with Crippen LogP contribution in [0.25, 0.3) is 0 Å². The number of H-pyrrole nitrogens is 1. The Kier molecular flexibility index (Phi) is 2.44. The number of halogens is 1. The Morgan fingerprint density at radius 2 is 2.25 bits per heavy atom. The summed E-state index contributed by atoms with van der Waals surface area (Å²) in [6.07, 6.45) is 1.66. The van der Waals surface area contributed by atoms with Gasteiger partial charge < -0.3 is 4.79 Å². The van der Waals surface area contributed by atoms with Crippen LogP contribution in [0.3, 0.4) is 0 Å². The van der Waals surface area contributed by atoms with Gasteiger partial charge in [-0.05, 0) is 0 Å². The zero-order chi connectivity index (χ0) is 9.14. The zero-order valence-electron chi connectivity index (χ0n) is 5.91. The molecule has 0 saturated carbocycles. The van der Waals surface area contributed by atoms with Gasteiger partial charge in [0.15, 0.2) is 0 Å². The van der Waals surface area contributed by atoms with E-state index >= 15 is 0 Å². The number of hydrogen-bond donors (Lipinski definition) is 1. The van der Waals surface area contributed by atoms with Crippen LogP contribution in [0.5, 0.6) is 0 Å². The fourth-order valence-corrected chi connectivity index (χ4v) is 0.864. The van der Waals surface area contributed by atoms with Crippen LogP contribution in [0, 0.1) is 0 Å². The molecule has 1 rings (SSSR count). The SMILES string of the molecule is O=CCn1cc(Cl)c(=O)[nH]c1=O. The minimum atomic E-state index is -0.649. The van der Waals surface area contributed by atoms with Gasteiger partial charge >= 0.3 is 5.69 Å². The molecule has 0 aliphatic heterocycles. The van der Waals surface area contributed by atoms with Crippen LogP contribution in [0.15, 0.2) is 15.8 Å².